The first-order chi connectivity index (χ1) is 9.61. The Labute approximate surface area is 120 Å². The van der Waals surface area contributed by atoms with Gasteiger partial charge in [-0.15, -0.1) is 0 Å². The molecule has 0 aliphatic heterocycles. The van der Waals surface area contributed by atoms with Crippen LogP contribution in [0.15, 0.2) is 30.7 Å². The fourth-order valence-electron chi connectivity index (χ4n) is 2.22. The minimum Gasteiger partial charge on any atom is -0.487 e. The number of hydrogen-bond donors (Lipinski definition) is 1. The monoisotopic (exact) mass is 273 g/mol. The van der Waals surface area contributed by atoms with Crippen LogP contribution in [0.25, 0.3) is 0 Å². The van der Waals surface area contributed by atoms with E-state index in [2.05, 4.69) is 29.5 Å². The van der Waals surface area contributed by atoms with E-state index in [-0.39, 0.29) is 6.04 Å². The Balaban J connectivity index is 2.12. The summed E-state index contributed by atoms with van der Waals surface area (Å²) in [5.41, 5.74) is 9.34. The van der Waals surface area contributed by atoms with Gasteiger partial charge in [0.1, 0.15) is 12.4 Å². The van der Waals surface area contributed by atoms with Gasteiger partial charge in [-0.3, -0.25) is 0 Å². The zero-order chi connectivity index (χ0) is 14.5. The summed E-state index contributed by atoms with van der Waals surface area (Å²) in [6, 6.07) is 6.09. The number of nitrogens with zero attached hydrogens (tertiary/aromatic N) is 2. The molecule has 0 fully saturated rings. The van der Waals surface area contributed by atoms with Gasteiger partial charge < -0.3 is 15.0 Å². The second kappa shape index (κ2) is 6.57. The van der Waals surface area contributed by atoms with Crippen LogP contribution in [0.3, 0.4) is 0 Å². The third-order valence-electron chi connectivity index (χ3n) is 3.29. The van der Waals surface area contributed by atoms with E-state index in [1.165, 1.54) is 5.56 Å². The van der Waals surface area contributed by atoms with Crippen molar-refractivity contribution in [3.8, 4) is 5.75 Å². The fraction of sp³-hybridized carbons (Fsp3) is 0.438. The quantitative estimate of drug-likeness (QED) is 0.879. The Morgan fingerprint density at radius 3 is 2.90 bits per heavy atom. The lowest BCUT2D eigenvalue weighted by Gasteiger charge is -2.15. The van der Waals surface area contributed by atoms with E-state index in [0.29, 0.717) is 6.61 Å². The number of nitrogens with two attached hydrogens (primary N) is 1. The smallest absolute Gasteiger partial charge is 0.130 e. The van der Waals surface area contributed by atoms with Crippen LogP contribution in [-0.4, -0.2) is 9.55 Å². The van der Waals surface area contributed by atoms with Crippen molar-refractivity contribution >= 4 is 0 Å². The average molecular weight is 273 g/mol. The second-order valence-corrected chi connectivity index (χ2v) is 5.20. The molecule has 0 aliphatic rings. The highest BCUT2D eigenvalue weighted by molar-refractivity contribution is 5.38. The van der Waals surface area contributed by atoms with Crippen LogP contribution in [-0.2, 0) is 13.2 Å². The molecule has 2 aromatic rings. The molecule has 1 atom stereocenters. The first kappa shape index (κ1) is 14.6. The number of imidazole rings is 1. The van der Waals surface area contributed by atoms with Crippen LogP contribution in [0, 0.1) is 6.92 Å². The second-order valence-electron chi connectivity index (χ2n) is 5.20. The molecular formula is C16H23N3O. The number of hydrogen-bond acceptors (Lipinski definition) is 3. The highest BCUT2D eigenvalue weighted by Crippen LogP contribution is 2.25. The maximum atomic E-state index is 6.01. The predicted molar refractivity (Wildman–Crippen MR) is 80.6 cm³/mol. The molecule has 0 saturated carbocycles. The molecule has 4 heteroatoms. The zero-order valence-electron chi connectivity index (χ0n) is 12.5. The van der Waals surface area contributed by atoms with E-state index < -0.39 is 0 Å². The molecule has 0 saturated heterocycles. The Bertz CT molecular complexity index is 561. The van der Waals surface area contributed by atoms with Crippen molar-refractivity contribution in [2.45, 2.75) is 46.4 Å². The van der Waals surface area contributed by atoms with Gasteiger partial charge >= 0.3 is 0 Å². The number of benzene rings is 1. The summed E-state index contributed by atoms with van der Waals surface area (Å²) < 4.78 is 8.07. The fourth-order valence-corrected chi connectivity index (χ4v) is 2.22. The summed E-state index contributed by atoms with van der Waals surface area (Å²) in [4.78, 5) is 4.18. The van der Waals surface area contributed by atoms with Gasteiger partial charge in [0, 0.05) is 18.2 Å². The molecule has 0 spiro atoms. The SMILES string of the molecule is CCCn1cncc1COc1ccc(C)cc1[C@H](C)N. The predicted octanol–water partition coefficient (Wildman–Crippen LogP) is 3.20. The van der Waals surface area contributed by atoms with Gasteiger partial charge in [-0.2, -0.15) is 0 Å². The molecule has 1 heterocycles. The largest absolute Gasteiger partial charge is 0.487 e. The van der Waals surface area contributed by atoms with Gasteiger partial charge in [0.25, 0.3) is 0 Å². The third-order valence-corrected chi connectivity index (χ3v) is 3.29. The van der Waals surface area contributed by atoms with E-state index in [1.807, 2.05) is 31.6 Å². The van der Waals surface area contributed by atoms with Gasteiger partial charge in [-0.25, -0.2) is 4.98 Å². The maximum Gasteiger partial charge on any atom is 0.130 e. The number of ether oxygens (including phenoxy) is 1. The summed E-state index contributed by atoms with van der Waals surface area (Å²) in [5, 5.41) is 0. The summed E-state index contributed by atoms with van der Waals surface area (Å²) >= 11 is 0. The molecule has 0 radical (unpaired) electrons. The number of aromatic nitrogens is 2. The normalized spacial score (nSPS) is 12.4. The van der Waals surface area contributed by atoms with Crippen molar-refractivity contribution in [1.29, 1.82) is 0 Å². The lowest BCUT2D eigenvalue weighted by Crippen LogP contribution is -2.10. The van der Waals surface area contributed by atoms with Crippen LogP contribution in [0.5, 0.6) is 5.75 Å². The topological polar surface area (TPSA) is 53.1 Å². The lowest BCUT2D eigenvalue weighted by atomic mass is 10.1. The molecule has 1 aromatic heterocycles. The summed E-state index contributed by atoms with van der Waals surface area (Å²) in [6.45, 7) is 7.67. The first-order valence-corrected chi connectivity index (χ1v) is 7.09. The molecule has 2 N–H and O–H groups in total. The molecule has 0 amide bonds. The lowest BCUT2D eigenvalue weighted by molar-refractivity contribution is 0.290. The molecular weight excluding hydrogens is 250 g/mol. The van der Waals surface area contributed by atoms with Crippen LogP contribution in [0.2, 0.25) is 0 Å². The zero-order valence-corrected chi connectivity index (χ0v) is 12.5. The minimum atomic E-state index is -0.0366. The van der Waals surface area contributed by atoms with Crippen LogP contribution in [0.4, 0.5) is 0 Å². The van der Waals surface area contributed by atoms with Gasteiger partial charge in [-0.05, 0) is 26.3 Å². The van der Waals surface area contributed by atoms with E-state index >= 15 is 0 Å². The molecule has 108 valence electrons. The van der Waals surface area contributed by atoms with Crippen LogP contribution >= 0.6 is 0 Å². The maximum absolute atomic E-state index is 6.01. The number of rotatable bonds is 6. The molecule has 20 heavy (non-hydrogen) atoms. The van der Waals surface area contributed by atoms with E-state index in [4.69, 9.17) is 10.5 Å². The van der Waals surface area contributed by atoms with E-state index in [9.17, 15) is 0 Å². The molecule has 0 aliphatic carbocycles. The molecule has 4 nitrogen and oxygen atoms in total. The molecule has 0 unspecified atom stereocenters. The summed E-state index contributed by atoms with van der Waals surface area (Å²) in [6.07, 6.45) is 4.79. The van der Waals surface area contributed by atoms with Crippen LogP contribution < -0.4 is 10.5 Å². The summed E-state index contributed by atoms with van der Waals surface area (Å²) in [7, 11) is 0. The van der Waals surface area contributed by atoms with E-state index in [1.54, 1.807) is 0 Å². The third kappa shape index (κ3) is 3.39. The van der Waals surface area contributed by atoms with Crippen molar-refractivity contribution in [1.82, 2.24) is 9.55 Å². The van der Waals surface area contributed by atoms with Crippen molar-refractivity contribution in [2.24, 2.45) is 5.73 Å². The van der Waals surface area contributed by atoms with Gasteiger partial charge in [0.15, 0.2) is 0 Å². The summed E-state index contributed by atoms with van der Waals surface area (Å²) in [5.74, 6) is 0.856. The van der Waals surface area contributed by atoms with Gasteiger partial charge in [0.2, 0.25) is 0 Å². The highest BCUT2D eigenvalue weighted by Gasteiger charge is 2.10. The Hall–Kier alpha value is -1.81. The van der Waals surface area contributed by atoms with Crippen LogP contribution in [0.1, 0.15) is 43.1 Å². The average Bonchev–Trinajstić information content (AvgIpc) is 2.85. The molecule has 1 aromatic carbocycles. The Morgan fingerprint density at radius 1 is 1.40 bits per heavy atom. The number of aryl methyl sites for hydroxylation is 2. The van der Waals surface area contributed by atoms with Crippen molar-refractivity contribution in [2.75, 3.05) is 0 Å². The Morgan fingerprint density at radius 2 is 2.20 bits per heavy atom. The van der Waals surface area contributed by atoms with E-state index in [0.717, 1.165) is 30.0 Å². The van der Waals surface area contributed by atoms with Crippen molar-refractivity contribution in [3.63, 3.8) is 0 Å². The standard InChI is InChI=1S/C16H23N3O/c1-4-7-19-11-18-9-14(19)10-20-16-6-5-12(2)8-15(16)13(3)17/h5-6,8-9,11,13H,4,7,10,17H2,1-3H3/t13-/m0/s1. The minimum absolute atomic E-state index is 0.0366. The van der Waals surface area contributed by atoms with Gasteiger partial charge in [0.05, 0.1) is 18.2 Å². The Kier molecular flexibility index (Phi) is 4.79. The van der Waals surface area contributed by atoms with Crippen molar-refractivity contribution < 1.29 is 4.74 Å². The van der Waals surface area contributed by atoms with Gasteiger partial charge in [-0.1, -0.05) is 24.6 Å². The first-order valence-electron chi connectivity index (χ1n) is 7.09. The molecule has 2 rings (SSSR count). The molecule has 0 bridgehead atoms. The van der Waals surface area contributed by atoms with Crippen molar-refractivity contribution in [3.05, 3.63) is 47.5 Å². The highest BCUT2D eigenvalue weighted by atomic mass is 16.5.